The lowest BCUT2D eigenvalue weighted by atomic mass is 10.1. The first-order valence-electron chi connectivity index (χ1n) is 4.49. The molecule has 1 aliphatic rings. The van der Waals surface area contributed by atoms with Crippen molar-refractivity contribution in [1.82, 2.24) is 0 Å². The van der Waals surface area contributed by atoms with Crippen molar-refractivity contribution in [2.24, 2.45) is 5.16 Å². The normalized spacial score (nSPS) is 14.8. The summed E-state index contributed by atoms with van der Waals surface area (Å²) >= 11 is 0. The number of benzene rings is 1. The number of aromatic hydroxyl groups is 1. The van der Waals surface area contributed by atoms with Gasteiger partial charge in [-0.15, -0.1) is 0 Å². The van der Waals surface area contributed by atoms with Crippen LogP contribution in [0.15, 0.2) is 29.4 Å². The van der Waals surface area contributed by atoms with Gasteiger partial charge in [-0.25, -0.2) is 0 Å². The predicted molar refractivity (Wildman–Crippen MR) is 54.3 cm³/mol. The van der Waals surface area contributed by atoms with Crippen LogP contribution in [0.1, 0.15) is 5.56 Å². The number of ether oxygens (including phenoxy) is 1. The minimum atomic E-state index is 0.0211. The standard InChI is InChI=1S/C10H10N2O3/c11-9(10-12-15-6-5-14-10)7-3-1-2-4-8(7)13/h1-4,11,13H,5-6H2. The second-order valence-electron chi connectivity index (χ2n) is 2.97. The van der Waals surface area contributed by atoms with E-state index in [0.717, 1.165) is 0 Å². The van der Waals surface area contributed by atoms with Crippen LogP contribution in [0.4, 0.5) is 0 Å². The molecule has 0 aliphatic carbocycles. The lowest BCUT2D eigenvalue weighted by molar-refractivity contribution is 0.0676. The summed E-state index contributed by atoms with van der Waals surface area (Å²) in [7, 11) is 0. The highest BCUT2D eigenvalue weighted by Crippen LogP contribution is 2.17. The van der Waals surface area contributed by atoms with Crippen LogP contribution in [-0.2, 0) is 9.57 Å². The molecule has 0 bridgehead atoms. The third-order valence-corrected chi connectivity index (χ3v) is 1.95. The predicted octanol–water partition coefficient (Wildman–Crippen LogP) is 1.12. The first kappa shape index (κ1) is 9.51. The van der Waals surface area contributed by atoms with Crippen molar-refractivity contribution < 1.29 is 14.7 Å². The molecule has 1 aromatic rings. The quantitative estimate of drug-likeness (QED) is 0.712. The van der Waals surface area contributed by atoms with Gasteiger partial charge in [-0.05, 0) is 17.3 Å². The van der Waals surface area contributed by atoms with Crippen LogP contribution in [0.3, 0.4) is 0 Å². The van der Waals surface area contributed by atoms with Gasteiger partial charge in [-0.3, -0.25) is 5.41 Å². The third-order valence-electron chi connectivity index (χ3n) is 1.95. The molecule has 78 valence electrons. The maximum atomic E-state index is 9.52. The number of phenols is 1. The van der Waals surface area contributed by atoms with Gasteiger partial charge in [0.25, 0.3) is 5.90 Å². The van der Waals surface area contributed by atoms with E-state index in [0.29, 0.717) is 18.8 Å². The number of para-hydroxylation sites is 1. The summed E-state index contributed by atoms with van der Waals surface area (Å²) < 4.78 is 5.14. The average molecular weight is 206 g/mol. The molecule has 0 saturated carbocycles. The molecule has 0 radical (unpaired) electrons. The van der Waals surface area contributed by atoms with E-state index in [4.69, 9.17) is 15.0 Å². The van der Waals surface area contributed by atoms with Gasteiger partial charge in [-0.2, -0.15) is 0 Å². The highest BCUT2D eigenvalue weighted by atomic mass is 16.7. The SMILES string of the molecule is N=C(C1=NOCCO1)c1ccccc1O. The van der Waals surface area contributed by atoms with E-state index in [1.807, 2.05) is 0 Å². The van der Waals surface area contributed by atoms with Crippen LogP contribution >= 0.6 is 0 Å². The summed E-state index contributed by atoms with van der Waals surface area (Å²) in [6.07, 6.45) is 0. The molecule has 0 unspecified atom stereocenters. The Hall–Kier alpha value is -2.04. The average Bonchev–Trinajstić information content (AvgIpc) is 2.30. The zero-order valence-corrected chi connectivity index (χ0v) is 7.93. The summed E-state index contributed by atoms with van der Waals surface area (Å²) in [6.45, 7) is 0.756. The maximum Gasteiger partial charge on any atom is 0.276 e. The molecule has 1 heterocycles. The van der Waals surface area contributed by atoms with E-state index >= 15 is 0 Å². The van der Waals surface area contributed by atoms with Gasteiger partial charge in [0, 0.05) is 5.56 Å². The number of hydrogen-bond donors (Lipinski definition) is 2. The Labute approximate surface area is 86.4 Å². The van der Waals surface area contributed by atoms with Gasteiger partial charge in [-0.1, -0.05) is 12.1 Å². The zero-order valence-electron chi connectivity index (χ0n) is 7.93. The van der Waals surface area contributed by atoms with Gasteiger partial charge in [0.15, 0.2) is 6.61 Å². The fourth-order valence-electron chi connectivity index (χ4n) is 1.22. The van der Waals surface area contributed by atoms with Crippen molar-refractivity contribution in [2.45, 2.75) is 0 Å². The molecule has 1 aromatic carbocycles. The van der Waals surface area contributed by atoms with Crippen LogP contribution < -0.4 is 0 Å². The molecule has 2 rings (SSSR count). The number of oxime groups is 1. The molecule has 15 heavy (non-hydrogen) atoms. The fraction of sp³-hybridized carbons (Fsp3) is 0.200. The van der Waals surface area contributed by atoms with Gasteiger partial charge >= 0.3 is 0 Å². The summed E-state index contributed by atoms with van der Waals surface area (Å²) in [4.78, 5) is 4.81. The van der Waals surface area contributed by atoms with Crippen LogP contribution in [-0.4, -0.2) is 29.9 Å². The molecule has 0 aromatic heterocycles. The van der Waals surface area contributed by atoms with E-state index in [1.165, 1.54) is 6.07 Å². The van der Waals surface area contributed by atoms with Crippen molar-refractivity contribution in [1.29, 1.82) is 5.41 Å². The molecule has 5 nitrogen and oxygen atoms in total. The molecule has 0 amide bonds. The number of nitrogens with one attached hydrogen (secondary N) is 1. The summed E-state index contributed by atoms with van der Waals surface area (Å²) in [5.74, 6) is 0.127. The van der Waals surface area contributed by atoms with Crippen LogP contribution in [0, 0.1) is 5.41 Å². The monoisotopic (exact) mass is 206 g/mol. The Morgan fingerprint density at radius 3 is 2.80 bits per heavy atom. The molecule has 1 aliphatic heterocycles. The fourth-order valence-corrected chi connectivity index (χ4v) is 1.22. The summed E-state index contributed by atoms with van der Waals surface area (Å²) in [5, 5.41) is 20.9. The topological polar surface area (TPSA) is 74.9 Å². The minimum Gasteiger partial charge on any atom is -0.507 e. The molecular weight excluding hydrogens is 196 g/mol. The van der Waals surface area contributed by atoms with Crippen molar-refractivity contribution >= 4 is 11.6 Å². The number of hydrogen-bond acceptors (Lipinski definition) is 5. The first-order chi connectivity index (χ1) is 7.29. The smallest absolute Gasteiger partial charge is 0.276 e. The Morgan fingerprint density at radius 2 is 2.13 bits per heavy atom. The van der Waals surface area contributed by atoms with E-state index < -0.39 is 0 Å². The molecule has 0 atom stereocenters. The summed E-state index contributed by atoms with van der Waals surface area (Å²) in [5.41, 5.74) is 0.398. The van der Waals surface area contributed by atoms with Crippen molar-refractivity contribution in [3.05, 3.63) is 29.8 Å². The van der Waals surface area contributed by atoms with Gasteiger partial charge < -0.3 is 14.7 Å². The molecule has 5 heteroatoms. The molecule has 0 fully saturated rings. The third kappa shape index (κ3) is 1.90. The largest absolute Gasteiger partial charge is 0.507 e. The van der Waals surface area contributed by atoms with Crippen LogP contribution in [0.25, 0.3) is 0 Å². The number of rotatable bonds is 2. The lowest BCUT2D eigenvalue weighted by Gasteiger charge is -2.14. The molecular formula is C10H10N2O3. The Balaban J connectivity index is 2.28. The first-order valence-corrected chi connectivity index (χ1v) is 4.49. The second-order valence-corrected chi connectivity index (χ2v) is 2.97. The van der Waals surface area contributed by atoms with Crippen molar-refractivity contribution in [2.75, 3.05) is 13.2 Å². The van der Waals surface area contributed by atoms with E-state index in [-0.39, 0.29) is 17.4 Å². The molecule has 0 saturated heterocycles. The van der Waals surface area contributed by atoms with Gasteiger partial charge in [0.1, 0.15) is 18.1 Å². The van der Waals surface area contributed by atoms with Crippen LogP contribution in [0.5, 0.6) is 5.75 Å². The van der Waals surface area contributed by atoms with E-state index in [1.54, 1.807) is 18.2 Å². The maximum absolute atomic E-state index is 9.52. The highest BCUT2D eigenvalue weighted by Gasteiger charge is 2.17. The second kappa shape index (κ2) is 4.00. The van der Waals surface area contributed by atoms with Crippen molar-refractivity contribution in [3.63, 3.8) is 0 Å². The highest BCUT2D eigenvalue weighted by molar-refractivity contribution is 6.44. The molecule has 2 N–H and O–H groups in total. The Kier molecular flexibility index (Phi) is 2.53. The Bertz CT molecular complexity index is 415. The van der Waals surface area contributed by atoms with E-state index in [2.05, 4.69) is 5.16 Å². The van der Waals surface area contributed by atoms with Crippen LogP contribution in [0.2, 0.25) is 0 Å². The van der Waals surface area contributed by atoms with Gasteiger partial charge in [0.2, 0.25) is 0 Å². The van der Waals surface area contributed by atoms with Crippen molar-refractivity contribution in [3.8, 4) is 5.75 Å². The Morgan fingerprint density at radius 1 is 1.33 bits per heavy atom. The van der Waals surface area contributed by atoms with Gasteiger partial charge in [0.05, 0.1) is 0 Å². The lowest BCUT2D eigenvalue weighted by Crippen LogP contribution is -2.24. The number of nitrogens with zero attached hydrogens (tertiary/aromatic N) is 1. The minimum absolute atomic E-state index is 0.0211. The summed E-state index contributed by atoms with van der Waals surface area (Å²) in [6, 6.07) is 6.55. The molecule has 0 spiro atoms. The zero-order chi connectivity index (χ0) is 10.7. The van der Waals surface area contributed by atoms with E-state index in [9.17, 15) is 5.11 Å². The number of phenolic OH excluding ortho intramolecular Hbond substituents is 1.